The van der Waals surface area contributed by atoms with E-state index in [2.05, 4.69) is 35.9 Å². The van der Waals surface area contributed by atoms with Crippen LogP contribution < -0.4 is 9.64 Å². The molecular weight excluding hydrogens is 519 g/mol. The number of alkyl halides is 3. The highest BCUT2D eigenvalue weighted by Crippen LogP contribution is 2.39. The zero-order valence-corrected chi connectivity index (χ0v) is 21.5. The highest BCUT2D eigenvalue weighted by molar-refractivity contribution is 5.92. The number of hydrogen-bond donors (Lipinski definition) is 2. The molecule has 1 aliphatic heterocycles. The molecule has 6 rings (SSSR count). The van der Waals surface area contributed by atoms with E-state index in [1.165, 1.54) is 13.4 Å². The molecule has 0 radical (unpaired) electrons. The lowest BCUT2D eigenvalue weighted by Gasteiger charge is -2.32. The van der Waals surface area contributed by atoms with Crippen LogP contribution in [0.15, 0.2) is 60.9 Å². The van der Waals surface area contributed by atoms with E-state index in [4.69, 9.17) is 10.00 Å². The summed E-state index contributed by atoms with van der Waals surface area (Å²) in [6, 6.07) is 17.9. The first-order valence-corrected chi connectivity index (χ1v) is 12.7. The summed E-state index contributed by atoms with van der Waals surface area (Å²) in [4.78, 5) is 21.4. The number of anilines is 1. The summed E-state index contributed by atoms with van der Waals surface area (Å²) in [6.45, 7) is 1.20. The first kappa shape index (κ1) is 25.4. The second-order valence-corrected chi connectivity index (χ2v) is 9.67. The lowest BCUT2D eigenvalue weighted by molar-refractivity contribution is -0.140. The third-order valence-corrected chi connectivity index (χ3v) is 7.26. The second-order valence-electron chi connectivity index (χ2n) is 9.67. The summed E-state index contributed by atoms with van der Waals surface area (Å²) >= 11 is 0. The quantitative estimate of drug-likeness (QED) is 0.270. The summed E-state index contributed by atoms with van der Waals surface area (Å²) in [5.74, 6) is 1.42. The SMILES string of the molecule is COc1cccc(-c2[nH]c(C3CCN(c4ncnc5[nH]c(-c6ccc(C#N)cc6)cc45)CC3)nc2C(F)(F)F)c1. The Morgan fingerprint density at radius 1 is 1.00 bits per heavy atom. The third kappa shape index (κ3) is 4.73. The lowest BCUT2D eigenvalue weighted by atomic mass is 9.96. The van der Waals surface area contributed by atoms with Crippen LogP contribution in [0.25, 0.3) is 33.5 Å². The summed E-state index contributed by atoms with van der Waals surface area (Å²) in [5.41, 5.74) is 2.45. The van der Waals surface area contributed by atoms with Crippen molar-refractivity contribution in [3.8, 4) is 34.3 Å². The van der Waals surface area contributed by atoms with Gasteiger partial charge in [0.15, 0.2) is 5.69 Å². The molecule has 8 nitrogen and oxygen atoms in total. The molecule has 5 aromatic rings. The molecule has 2 aromatic carbocycles. The maximum absolute atomic E-state index is 13.9. The van der Waals surface area contributed by atoms with Crippen molar-refractivity contribution in [2.24, 2.45) is 0 Å². The third-order valence-electron chi connectivity index (χ3n) is 7.26. The zero-order chi connectivity index (χ0) is 27.9. The Morgan fingerprint density at radius 2 is 1.77 bits per heavy atom. The largest absolute Gasteiger partial charge is 0.497 e. The molecule has 0 aliphatic carbocycles. The number of hydrogen-bond acceptors (Lipinski definition) is 6. The standard InChI is InChI=1S/C29H24F3N7O/c1-40-21-4-2-3-20(13-21)24-25(29(30,31)32)38-26(37-24)19-9-11-39(12-10-19)28-22-14-23(36-27(22)34-16-35-28)18-7-5-17(15-33)6-8-18/h2-8,13-14,16,19H,9-12H2,1H3,(H,37,38)(H,34,35,36). The van der Waals surface area contributed by atoms with Crippen LogP contribution in [0.3, 0.4) is 0 Å². The molecular formula is C29H24F3N7O. The molecule has 0 spiro atoms. The van der Waals surface area contributed by atoms with Gasteiger partial charge >= 0.3 is 6.18 Å². The van der Waals surface area contributed by atoms with Crippen molar-refractivity contribution in [3.63, 3.8) is 0 Å². The van der Waals surface area contributed by atoms with Crippen LogP contribution in [0.2, 0.25) is 0 Å². The number of piperidine rings is 1. The van der Waals surface area contributed by atoms with Gasteiger partial charge in [0.2, 0.25) is 0 Å². The zero-order valence-electron chi connectivity index (χ0n) is 21.5. The molecule has 202 valence electrons. The molecule has 11 heteroatoms. The van der Waals surface area contributed by atoms with Crippen LogP contribution in [-0.4, -0.2) is 45.1 Å². The number of aromatic nitrogens is 5. The number of halogens is 3. The van der Waals surface area contributed by atoms with Crippen LogP contribution in [0.4, 0.5) is 19.0 Å². The number of ether oxygens (including phenoxy) is 1. The molecule has 0 bridgehead atoms. The fraction of sp³-hybridized carbons (Fsp3) is 0.241. The van der Waals surface area contributed by atoms with Gasteiger partial charge in [0.1, 0.15) is 29.4 Å². The molecule has 3 aromatic heterocycles. The van der Waals surface area contributed by atoms with Gasteiger partial charge in [0.05, 0.1) is 29.8 Å². The number of benzene rings is 2. The average molecular weight is 544 g/mol. The first-order chi connectivity index (χ1) is 19.3. The maximum Gasteiger partial charge on any atom is 0.435 e. The van der Waals surface area contributed by atoms with E-state index in [1.54, 1.807) is 36.4 Å². The van der Waals surface area contributed by atoms with E-state index in [0.717, 1.165) is 22.5 Å². The molecule has 4 heterocycles. The van der Waals surface area contributed by atoms with E-state index in [9.17, 15) is 13.2 Å². The minimum absolute atomic E-state index is 0.0519. The molecule has 1 fully saturated rings. The van der Waals surface area contributed by atoms with Crippen LogP contribution >= 0.6 is 0 Å². The Morgan fingerprint density at radius 3 is 2.48 bits per heavy atom. The summed E-state index contributed by atoms with van der Waals surface area (Å²) in [6.07, 6.45) is -1.87. The Labute approximate surface area is 227 Å². The van der Waals surface area contributed by atoms with Crippen molar-refractivity contribution in [3.05, 3.63) is 78.0 Å². The topological polar surface area (TPSA) is 107 Å². The van der Waals surface area contributed by atoms with Crippen molar-refractivity contribution in [1.29, 1.82) is 5.26 Å². The summed E-state index contributed by atoms with van der Waals surface area (Å²) < 4.78 is 47.0. The van der Waals surface area contributed by atoms with Gasteiger partial charge in [-0.25, -0.2) is 15.0 Å². The minimum atomic E-state index is -4.60. The van der Waals surface area contributed by atoms with Crippen LogP contribution in [-0.2, 0) is 6.18 Å². The van der Waals surface area contributed by atoms with E-state index < -0.39 is 11.9 Å². The van der Waals surface area contributed by atoms with E-state index in [0.29, 0.717) is 54.3 Å². The highest BCUT2D eigenvalue weighted by atomic mass is 19.4. The number of methoxy groups -OCH3 is 1. The molecule has 40 heavy (non-hydrogen) atoms. The molecule has 0 unspecified atom stereocenters. The normalized spacial score (nSPS) is 14.4. The van der Waals surface area contributed by atoms with Gasteiger partial charge in [-0.3, -0.25) is 0 Å². The predicted molar refractivity (Wildman–Crippen MR) is 144 cm³/mol. The van der Waals surface area contributed by atoms with Crippen LogP contribution in [0.1, 0.15) is 35.8 Å². The van der Waals surface area contributed by atoms with Crippen molar-refractivity contribution in [2.75, 3.05) is 25.1 Å². The molecule has 1 saturated heterocycles. The predicted octanol–water partition coefficient (Wildman–Crippen LogP) is 6.30. The molecule has 2 N–H and O–H groups in total. The van der Waals surface area contributed by atoms with E-state index in [1.807, 2.05) is 18.2 Å². The van der Waals surface area contributed by atoms with Crippen LogP contribution in [0.5, 0.6) is 5.75 Å². The second kappa shape index (κ2) is 10.0. The van der Waals surface area contributed by atoms with Crippen LogP contribution in [0, 0.1) is 11.3 Å². The maximum atomic E-state index is 13.9. The van der Waals surface area contributed by atoms with Crippen molar-refractivity contribution < 1.29 is 17.9 Å². The number of nitrogens with zero attached hydrogens (tertiary/aromatic N) is 5. The minimum Gasteiger partial charge on any atom is -0.497 e. The van der Waals surface area contributed by atoms with Gasteiger partial charge in [-0.2, -0.15) is 18.4 Å². The van der Waals surface area contributed by atoms with Gasteiger partial charge in [0, 0.05) is 30.3 Å². The van der Waals surface area contributed by atoms with Gasteiger partial charge in [-0.05, 0) is 48.7 Å². The van der Waals surface area contributed by atoms with Gasteiger partial charge < -0.3 is 19.6 Å². The number of aromatic amines is 2. The van der Waals surface area contributed by atoms with E-state index >= 15 is 0 Å². The van der Waals surface area contributed by atoms with Gasteiger partial charge in [-0.15, -0.1) is 0 Å². The fourth-order valence-corrected chi connectivity index (χ4v) is 5.20. The number of imidazole rings is 1. The number of nitrogens with one attached hydrogen (secondary N) is 2. The number of H-pyrrole nitrogens is 2. The number of nitriles is 1. The Balaban J connectivity index is 1.24. The number of rotatable bonds is 5. The molecule has 0 amide bonds. The summed E-state index contributed by atoms with van der Waals surface area (Å²) in [7, 11) is 1.47. The lowest BCUT2D eigenvalue weighted by Crippen LogP contribution is -2.34. The Kier molecular flexibility index (Phi) is 6.38. The Hall–Kier alpha value is -4.85. The van der Waals surface area contributed by atoms with Gasteiger partial charge in [-0.1, -0.05) is 24.3 Å². The molecule has 1 aliphatic rings. The monoisotopic (exact) mass is 543 g/mol. The fourth-order valence-electron chi connectivity index (χ4n) is 5.20. The summed E-state index contributed by atoms with van der Waals surface area (Å²) in [5, 5.41) is 9.92. The number of fused-ring (bicyclic) bond motifs is 1. The smallest absolute Gasteiger partial charge is 0.435 e. The van der Waals surface area contributed by atoms with Crippen molar-refractivity contribution in [1.82, 2.24) is 24.9 Å². The highest BCUT2D eigenvalue weighted by Gasteiger charge is 2.39. The van der Waals surface area contributed by atoms with E-state index in [-0.39, 0.29) is 11.6 Å². The molecule has 0 atom stereocenters. The van der Waals surface area contributed by atoms with Crippen molar-refractivity contribution in [2.45, 2.75) is 24.9 Å². The first-order valence-electron chi connectivity index (χ1n) is 12.7. The average Bonchev–Trinajstić information content (AvgIpc) is 3.63. The van der Waals surface area contributed by atoms with Crippen molar-refractivity contribution >= 4 is 16.9 Å². The van der Waals surface area contributed by atoms with Gasteiger partial charge in [0.25, 0.3) is 0 Å². The Bertz CT molecular complexity index is 1710. The molecule has 0 saturated carbocycles.